The van der Waals surface area contributed by atoms with Gasteiger partial charge < -0.3 is 14.8 Å². The molecule has 5 nitrogen and oxygen atoms in total. The van der Waals surface area contributed by atoms with Crippen LogP contribution in [0.1, 0.15) is 37.9 Å². The van der Waals surface area contributed by atoms with E-state index in [-0.39, 0.29) is 11.9 Å². The van der Waals surface area contributed by atoms with Gasteiger partial charge in [-0.3, -0.25) is 4.79 Å². The Morgan fingerprint density at radius 2 is 1.68 bits per heavy atom. The summed E-state index contributed by atoms with van der Waals surface area (Å²) in [6, 6.07) is 16.2. The normalized spacial score (nSPS) is 12.6. The molecule has 0 saturated carbocycles. The van der Waals surface area contributed by atoms with E-state index in [1.807, 2.05) is 44.2 Å². The van der Waals surface area contributed by atoms with Crippen LogP contribution in [0.15, 0.2) is 48.5 Å². The minimum absolute atomic E-state index is 0.143. The van der Waals surface area contributed by atoms with Crippen molar-refractivity contribution in [1.29, 1.82) is 5.26 Å². The SMILES string of the molecule is CCOc1ccc(C(C)NC(=O)C(C)Oc2ccc(C#N)cc2)cc1. The number of hydrogen-bond donors (Lipinski definition) is 1. The van der Waals surface area contributed by atoms with Crippen molar-refractivity contribution in [3.8, 4) is 17.6 Å². The van der Waals surface area contributed by atoms with Crippen LogP contribution < -0.4 is 14.8 Å². The molecule has 0 aliphatic carbocycles. The second kappa shape index (κ2) is 8.74. The fraction of sp³-hybridized carbons (Fsp3) is 0.300. The summed E-state index contributed by atoms with van der Waals surface area (Å²) in [6.07, 6.45) is -0.641. The Hall–Kier alpha value is -3.00. The molecule has 0 aliphatic rings. The van der Waals surface area contributed by atoms with Gasteiger partial charge in [0.05, 0.1) is 24.3 Å². The lowest BCUT2D eigenvalue weighted by Gasteiger charge is -2.19. The molecule has 0 fully saturated rings. The Kier molecular flexibility index (Phi) is 6.41. The molecule has 2 atom stereocenters. The molecule has 2 rings (SSSR count). The fourth-order valence-electron chi connectivity index (χ4n) is 2.30. The van der Waals surface area contributed by atoms with Gasteiger partial charge in [0.15, 0.2) is 6.10 Å². The fourth-order valence-corrected chi connectivity index (χ4v) is 2.30. The molecule has 5 heteroatoms. The first kappa shape index (κ1) is 18.3. The summed E-state index contributed by atoms with van der Waals surface area (Å²) in [5.74, 6) is 1.16. The number of hydrogen-bond acceptors (Lipinski definition) is 4. The van der Waals surface area contributed by atoms with Gasteiger partial charge in [0.25, 0.3) is 5.91 Å². The van der Waals surface area contributed by atoms with E-state index in [4.69, 9.17) is 14.7 Å². The Morgan fingerprint density at radius 1 is 1.08 bits per heavy atom. The molecule has 0 heterocycles. The van der Waals surface area contributed by atoms with E-state index in [1.54, 1.807) is 31.2 Å². The van der Waals surface area contributed by atoms with Crippen LogP contribution in [0.3, 0.4) is 0 Å². The van der Waals surface area contributed by atoms with Crippen molar-refractivity contribution in [3.63, 3.8) is 0 Å². The molecule has 1 amide bonds. The molecule has 0 spiro atoms. The molecular formula is C20H22N2O3. The van der Waals surface area contributed by atoms with Crippen molar-refractivity contribution < 1.29 is 14.3 Å². The molecule has 0 aromatic heterocycles. The standard InChI is InChI=1S/C20H22N2O3/c1-4-24-18-11-7-17(8-12-18)14(2)22-20(23)15(3)25-19-9-5-16(13-21)6-10-19/h5-12,14-15H,4H2,1-3H3,(H,22,23). The topological polar surface area (TPSA) is 71.3 Å². The zero-order valence-corrected chi connectivity index (χ0v) is 14.7. The van der Waals surface area contributed by atoms with Crippen LogP contribution in [0.4, 0.5) is 0 Å². The molecule has 0 saturated heterocycles. The number of nitriles is 1. The predicted molar refractivity (Wildman–Crippen MR) is 95.4 cm³/mol. The number of carbonyl (C=O) groups excluding carboxylic acids is 1. The Labute approximate surface area is 148 Å². The molecule has 0 aliphatic heterocycles. The minimum Gasteiger partial charge on any atom is -0.494 e. The van der Waals surface area contributed by atoms with Gasteiger partial charge in [-0.2, -0.15) is 5.26 Å². The van der Waals surface area contributed by atoms with E-state index in [0.717, 1.165) is 11.3 Å². The van der Waals surface area contributed by atoms with E-state index in [2.05, 4.69) is 5.32 Å². The number of rotatable bonds is 7. The third-order valence-corrected chi connectivity index (χ3v) is 3.72. The quantitative estimate of drug-likeness (QED) is 0.837. The Balaban J connectivity index is 1.91. The van der Waals surface area contributed by atoms with Crippen molar-refractivity contribution in [2.45, 2.75) is 32.9 Å². The molecule has 25 heavy (non-hydrogen) atoms. The molecule has 2 aromatic rings. The molecule has 0 radical (unpaired) electrons. The average molecular weight is 338 g/mol. The van der Waals surface area contributed by atoms with Crippen LogP contribution in [0.5, 0.6) is 11.5 Å². The maximum absolute atomic E-state index is 12.3. The number of benzene rings is 2. The van der Waals surface area contributed by atoms with Crippen LogP contribution in [-0.2, 0) is 4.79 Å². The number of ether oxygens (including phenoxy) is 2. The summed E-state index contributed by atoms with van der Waals surface area (Å²) in [5, 5.41) is 11.7. The smallest absolute Gasteiger partial charge is 0.261 e. The van der Waals surface area contributed by atoms with Crippen molar-refractivity contribution >= 4 is 5.91 Å². The van der Waals surface area contributed by atoms with Gasteiger partial charge in [-0.1, -0.05) is 12.1 Å². The molecule has 2 aromatic carbocycles. The average Bonchev–Trinajstić information content (AvgIpc) is 2.63. The monoisotopic (exact) mass is 338 g/mol. The minimum atomic E-state index is -0.641. The second-order valence-electron chi connectivity index (χ2n) is 5.63. The third-order valence-electron chi connectivity index (χ3n) is 3.72. The molecular weight excluding hydrogens is 316 g/mol. The second-order valence-corrected chi connectivity index (χ2v) is 5.63. The zero-order valence-electron chi connectivity index (χ0n) is 14.7. The molecule has 2 unspecified atom stereocenters. The number of nitrogens with zero attached hydrogens (tertiary/aromatic N) is 1. The Morgan fingerprint density at radius 3 is 2.24 bits per heavy atom. The highest BCUT2D eigenvalue weighted by molar-refractivity contribution is 5.81. The summed E-state index contributed by atoms with van der Waals surface area (Å²) in [7, 11) is 0. The largest absolute Gasteiger partial charge is 0.494 e. The van der Waals surface area contributed by atoms with Crippen molar-refractivity contribution in [2.75, 3.05) is 6.61 Å². The van der Waals surface area contributed by atoms with Crippen LogP contribution in [0.2, 0.25) is 0 Å². The molecule has 0 bridgehead atoms. The van der Waals surface area contributed by atoms with Gasteiger partial charge in [-0.25, -0.2) is 0 Å². The molecule has 1 N–H and O–H groups in total. The maximum Gasteiger partial charge on any atom is 0.261 e. The lowest BCUT2D eigenvalue weighted by atomic mass is 10.1. The summed E-state index contributed by atoms with van der Waals surface area (Å²) < 4.78 is 11.0. The summed E-state index contributed by atoms with van der Waals surface area (Å²) in [6.45, 7) is 6.17. The summed E-state index contributed by atoms with van der Waals surface area (Å²) in [5.41, 5.74) is 1.54. The van der Waals surface area contributed by atoms with Crippen LogP contribution >= 0.6 is 0 Å². The Bertz CT molecular complexity index is 733. The van der Waals surface area contributed by atoms with Gasteiger partial charge in [0, 0.05) is 0 Å². The van der Waals surface area contributed by atoms with E-state index in [0.29, 0.717) is 17.9 Å². The summed E-state index contributed by atoms with van der Waals surface area (Å²) in [4.78, 5) is 12.3. The van der Waals surface area contributed by atoms with Gasteiger partial charge in [-0.05, 0) is 62.7 Å². The third kappa shape index (κ3) is 5.25. The van der Waals surface area contributed by atoms with E-state index < -0.39 is 6.10 Å². The highest BCUT2D eigenvalue weighted by Crippen LogP contribution is 2.18. The van der Waals surface area contributed by atoms with Gasteiger partial charge >= 0.3 is 0 Å². The van der Waals surface area contributed by atoms with Gasteiger partial charge in [0.2, 0.25) is 0 Å². The van der Waals surface area contributed by atoms with Gasteiger partial charge in [-0.15, -0.1) is 0 Å². The lowest BCUT2D eigenvalue weighted by Crippen LogP contribution is -2.37. The van der Waals surface area contributed by atoms with E-state index in [1.165, 1.54) is 0 Å². The number of carbonyl (C=O) groups is 1. The summed E-state index contributed by atoms with van der Waals surface area (Å²) >= 11 is 0. The van der Waals surface area contributed by atoms with Gasteiger partial charge in [0.1, 0.15) is 11.5 Å². The lowest BCUT2D eigenvalue weighted by molar-refractivity contribution is -0.127. The van der Waals surface area contributed by atoms with Crippen molar-refractivity contribution in [2.24, 2.45) is 0 Å². The van der Waals surface area contributed by atoms with Crippen molar-refractivity contribution in [1.82, 2.24) is 5.32 Å². The van der Waals surface area contributed by atoms with Crippen LogP contribution in [0, 0.1) is 11.3 Å². The molecule has 130 valence electrons. The number of amides is 1. The highest BCUT2D eigenvalue weighted by Gasteiger charge is 2.17. The highest BCUT2D eigenvalue weighted by atomic mass is 16.5. The predicted octanol–water partition coefficient (Wildman–Crippen LogP) is 3.60. The van der Waals surface area contributed by atoms with E-state index >= 15 is 0 Å². The maximum atomic E-state index is 12.3. The zero-order chi connectivity index (χ0) is 18.2. The van der Waals surface area contributed by atoms with Crippen molar-refractivity contribution in [3.05, 3.63) is 59.7 Å². The first-order valence-electron chi connectivity index (χ1n) is 8.23. The first-order chi connectivity index (χ1) is 12.0. The van der Waals surface area contributed by atoms with E-state index in [9.17, 15) is 4.79 Å². The van der Waals surface area contributed by atoms with Crippen LogP contribution in [0.25, 0.3) is 0 Å². The van der Waals surface area contributed by atoms with Crippen LogP contribution in [-0.4, -0.2) is 18.6 Å². The first-order valence-corrected chi connectivity index (χ1v) is 8.23. The number of nitrogens with one attached hydrogen (secondary N) is 1.